The van der Waals surface area contributed by atoms with E-state index in [0.29, 0.717) is 43.1 Å². The molecular formula is C19H23N5O5S. The van der Waals surface area contributed by atoms with Crippen molar-refractivity contribution >= 4 is 28.0 Å². The van der Waals surface area contributed by atoms with Crippen LogP contribution in [0.1, 0.15) is 37.7 Å². The standard InChI is InChI=1S/C19H23N5O5S/c25-17-19(9-11-29-14-7-4-3-6-13(14)19)20-18(26)24(17)12-16-22-30(27,28)21-15-8-2-1-5-10-23(15)16/h3-4,6-7,16,22H,1-2,5,8-12H2,(H,20,26). The van der Waals surface area contributed by atoms with Gasteiger partial charge in [0.2, 0.25) is 0 Å². The summed E-state index contributed by atoms with van der Waals surface area (Å²) in [5.41, 5.74) is -0.562. The molecule has 2 atom stereocenters. The van der Waals surface area contributed by atoms with Crippen LogP contribution in [0.25, 0.3) is 0 Å². The molecule has 2 saturated heterocycles. The molecular weight excluding hydrogens is 410 g/mol. The lowest BCUT2D eigenvalue weighted by Crippen LogP contribution is -2.59. The summed E-state index contributed by atoms with van der Waals surface area (Å²) in [5, 5.41) is 2.85. The quantitative estimate of drug-likeness (QED) is 0.662. The Morgan fingerprint density at radius 3 is 2.90 bits per heavy atom. The Bertz CT molecular complexity index is 1040. The molecule has 0 aromatic heterocycles. The number of amides is 3. The maximum Gasteiger partial charge on any atom is 0.325 e. The first-order valence-electron chi connectivity index (χ1n) is 10.1. The van der Waals surface area contributed by atoms with Crippen molar-refractivity contribution in [2.75, 3.05) is 19.7 Å². The normalized spacial score (nSPS) is 30.1. The molecule has 4 heterocycles. The number of benzene rings is 1. The number of nitrogens with zero attached hydrogens (tertiary/aromatic N) is 3. The molecule has 0 saturated carbocycles. The maximum absolute atomic E-state index is 13.5. The number of fused-ring (bicyclic) bond motifs is 3. The van der Waals surface area contributed by atoms with Crippen LogP contribution in [0.15, 0.2) is 28.7 Å². The van der Waals surface area contributed by atoms with Crippen molar-refractivity contribution in [3.8, 4) is 5.75 Å². The number of carbonyl (C=O) groups excluding carboxylic acids is 2. The van der Waals surface area contributed by atoms with E-state index in [2.05, 4.69) is 14.4 Å². The van der Waals surface area contributed by atoms with E-state index in [4.69, 9.17) is 4.74 Å². The summed E-state index contributed by atoms with van der Waals surface area (Å²) in [4.78, 5) is 29.3. The molecule has 30 heavy (non-hydrogen) atoms. The van der Waals surface area contributed by atoms with Crippen LogP contribution < -0.4 is 14.8 Å². The molecule has 4 aliphatic heterocycles. The average Bonchev–Trinajstić information content (AvgIpc) is 2.87. The van der Waals surface area contributed by atoms with E-state index in [1.165, 1.54) is 0 Å². The van der Waals surface area contributed by atoms with Crippen LogP contribution in [-0.4, -0.2) is 61.9 Å². The van der Waals surface area contributed by atoms with Crippen molar-refractivity contribution < 1.29 is 22.7 Å². The van der Waals surface area contributed by atoms with Gasteiger partial charge < -0.3 is 15.0 Å². The van der Waals surface area contributed by atoms with Gasteiger partial charge in [0.25, 0.3) is 5.91 Å². The molecule has 1 spiro atoms. The lowest BCUT2D eigenvalue weighted by Gasteiger charge is -2.38. The summed E-state index contributed by atoms with van der Waals surface area (Å²) in [5.74, 6) is 0.676. The molecule has 1 aromatic rings. The largest absolute Gasteiger partial charge is 0.493 e. The summed E-state index contributed by atoms with van der Waals surface area (Å²) < 4.78 is 36.6. The van der Waals surface area contributed by atoms with Crippen molar-refractivity contribution in [1.82, 2.24) is 19.8 Å². The Morgan fingerprint density at radius 2 is 2.03 bits per heavy atom. The van der Waals surface area contributed by atoms with Gasteiger partial charge in [-0.15, -0.1) is 4.40 Å². The lowest BCUT2D eigenvalue weighted by atomic mass is 9.84. The Morgan fingerprint density at radius 1 is 1.20 bits per heavy atom. The SMILES string of the molecule is O=C1NC2(CCOc3ccccc32)C(=O)N1CC1NS(=O)(=O)N=C2CCCCCN21. The van der Waals surface area contributed by atoms with Crippen molar-refractivity contribution in [2.45, 2.75) is 43.8 Å². The second kappa shape index (κ2) is 6.95. The third-order valence-electron chi connectivity index (χ3n) is 6.13. The zero-order valence-electron chi connectivity index (χ0n) is 16.3. The van der Waals surface area contributed by atoms with Crippen LogP contribution in [0.4, 0.5) is 4.79 Å². The average molecular weight is 433 g/mol. The smallest absolute Gasteiger partial charge is 0.325 e. The monoisotopic (exact) mass is 433 g/mol. The number of ether oxygens (including phenoxy) is 1. The molecule has 0 radical (unpaired) electrons. The maximum atomic E-state index is 13.5. The van der Waals surface area contributed by atoms with Gasteiger partial charge in [-0.2, -0.15) is 13.1 Å². The van der Waals surface area contributed by atoms with Crippen LogP contribution >= 0.6 is 0 Å². The first-order chi connectivity index (χ1) is 14.4. The van der Waals surface area contributed by atoms with Gasteiger partial charge in [-0.1, -0.05) is 24.6 Å². The van der Waals surface area contributed by atoms with Gasteiger partial charge in [-0.25, -0.2) is 4.79 Å². The molecule has 10 nitrogen and oxygen atoms in total. The molecule has 11 heteroatoms. The number of urea groups is 1. The number of rotatable bonds is 2. The fourth-order valence-corrected chi connectivity index (χ4v) is 5.77. The minimum atomic E-state index is -3.87. The number of para-hydroxylation sites is 1. The zero-order chi connectivity index (χ0) is 20.9. The molecule has 2 N–H and O–H groups in total. The molecule has 2 fully saturated rings. The lowest BCUT2D eigenvalue weighted by molar-refractivity contribution is -0.133. The summed E-state index contributed by atoms with van der Waals surface area (Å²) >= 11 is 0. The van der Waals surface area contributed by atoms with E-state index < -0.39 is 27.9 Å². The Hall–Kier alpha value is -2.66. The summed E-state index contributed by atoms with van der Waals surface area (Å²) in [6.07, 6.45) is 2.88. The fourth-order valence-electron chi connectivity index (χ4n) is 4.70. The molecule has 0 bridgehead atoms. The van der Waals surface area contributed by atoms with Crippen LogP contribution in [0.3, 0.4) is 0 Å². The highest BCUT2D eigenvalue weighted by Crippen LogP contribution is 2.41. The number of carbonyl (C=O) groups is 2. The molecule has 2 unspecified atom stereocenters. The second-order valence-electron chi connectivity index (χ2n) is 7.97. The van der Waals surface area contributed by atoms with Gasteiger partial charge >= 0.3 is 16.2 Å². The molecule has 5 rings (SSSR count). The van der Waals surface area contributed by atoms with Gasteiger partial charge in [0, 0.05) is 24.9 Å². The number of nitrogens with one attached hydrogen (secondary N) is 2. The summed E-state index contributed by atoms with van der Waals surface area (Å²) in [7, 11) is -3.87. The first kappa shape index (κ1) is 19.3. The third kappa shape index (κ3) is 3.03. The summed E-state index contributed by atoms with van der Waals surface area (Å²) in [6, 6.07) is 6.63. The van der Waals surface area contributed by atoms with Gasteiger partial charge in [-0.3, -0.25) is 9.69 Å². The van der Waals surface area contributed by atoms with Gasteiger partial charge in [0.05, 0.1) is 13.2 Å². The Balaban J connectivity index is 1.45. The van der Waals surface area contributed by atoms with Gasteiger partial charge in [0.1, 0.15) is 17.8 Å². The van der Waals surface area contributed by atoms with Crippen molar-refractivity contribution in [3.05, 3.63) is 29.8 Å². The van der Waals surface area contributed by atoms with E-state index in [-0.39, 0.29) is 12.5 Å². The second-order valence-corrected chi connectivity index (χ2v) is 9.33. The molecule has 0 aliphatic carbocycles. The number of hydrogen-bond acceptors (Lipinski definition) is 6. The summed E-state index contributed by atoms with van der Waals surface area (Å²) in [6.45, 7) is 0.834. The van der Waals surface area contributed by atoms with Crippen LogP contribution in [0.5, 0.6) is 5.75 Å². The van der Waals surface area contributed by atoms with E-state index >= 15 is 0 Å². The molecule has 4 aliphatic rings. The highest BCUT2D eigenvalue weighted by atomic mass is 32.2. The van der Waals surface area contributed by atoms with E-state index in [1.54, 1.807) is 18.2 Å². The zero-order valence-corrected chi connectivity index (χ0v) is 17.2. The fraction of sp³-hybridized carbons (Fsp3) is 0.526. The topological polar surface area (TPSA) is 120 Å². The van der Waals surface area contributed by atoms with Crippen molar-refractivity contribution in [3.63, 3.8) is 0 Å². The highest BCUT2D eigenvalue weighted by molar-refractivity contribution is 7.88. The highest BCUT2D eigenvalue weighted by Gasteiger charge is 2.55. The van der Waals surface area contributed by atoms with E-state index in [1.807, 2.05) is 11.0 Å². The Labute approximate surface area is 174 Å². The first-order valence-corrected chi connectivity index (χ1v) is 11.6. The van der Waals surface area contributed by atoms with Crippen molar-refractivity contribution in [2.24, 2.45) is 4.40 Å². The minimum absolute atomic E-state index is 0.0896. The van der Waals surface area contributed by atoms with Crippen LogP contribution in [-0.2, 0) is 20.5 Å². The molecule has 1 aromatic carbocycles. The predicted molar refractivity (Wildman–Crippen MR) is 107 cm³/mol. The van der Waals surface area contributed by atoms with Gasteiger partial charge in [-0.05, 0) is 18.9 Å². The van der Waals surface area contributed by atoms with Crippen LogP contribution in [0, 0.1) is 0 Å². The van der Waals surface area contributed by atoms with E-state index in [0.717, 1.165) is 24.2 Å². The number of amidine groups is 1. The Kier molecular flexibility index (Phi) is 4.47. The van der Waals surface area contributed by atoms with Gasteiger partial charge in [0.15, 0.2) is 5.54 Å². The number of imide groups is 1. The minimum Gasteiger partial charge on any atom is -0.493 e. The molecule has 3 amide bonds. The number of hydrogen-bond donors (Lipinski definition) is 2. The molecule has 160 valence electrons. The predicted octanol–water partition coefficient (Wildman–Crippen LogP) is 0.665. The van der Waals surface area contributed by atoms with Crippen molar-refractivity contribution in [1.29, 1.82) is 0 Å². The third-order valence-corrected chi connectivity index (χ3v) is 7.15. The van der Waals surface area contributed by atoms with E-state index in [9.17, 15) is 18.0 Å². The van der Waals surface area contributed by atoms with Crippen LogP contribution in [0.2, 0.25) is 0 Å².